The van der Waals surface area contributed by atoms with Gasteiger partial charge in [0.15, 0.2) is 0 Å². The van der Waals surface area contributed by atoms with Crippen LogP contribution >= 0.6 is 0 Å². The van der Waals surface area contributed by atoms with E-state index in [0.717, 1.165) is 5.56 Å². The zero-order chi connectivity index (χ0) is 13.9. The normalized spacial score (nSPS) is 37.4. The highest BCUT2D eigenvalue weighted by Crippen LogP contribution is 2.28. The first-order valence-corrected chi connectivity index (χ1v) is 6.94. The van der Waals surface area contributed by atoms with E-state index < -0.39 is 12.2 Å². The summed E-state index contributed by atoms with van der Waals surface area (Å²) in [6, 6.07) is 9.90. The molecule has 20 heavy (non-hydrogen) atoms. The zero-order valence-corrected chi connectivity index (χ0v) is 11.5. The Balaban J connectivity index is 1.68. The van der Waals surface area contributed by atoms with Gasteiger partial charge in [-0.25, -0.2) is 0 Å². The number of hydrogen-bond donors (Lipinski definition) is 1. The van der Waals surface area contributed by atoms with Crippen LogP contribution < -0.4 is 0 Å². The summed E-state index contributed by atoms with van der Waals surface area (Å²) in [4.78, 5) is 0. The van der Waals surface area contributed by atoms with Gasteiger partial charge in [-0.05, 0) is 12.5 Å². The molecule has 0 saturated carbocycles. The predicted octanol–water partition coefficient (Wildman–Crippen LogP) is 1.09. The van der Waals surface area contributed by atoms with Crippen molar-refractivity contribution in [3.05, 3.63) is 35.9 Å². The quantitative estimate of drug-likeness (QED) is 0.898. The second kappa shape index (κ2) is 6.20. The number of fused-ring (bicyclic) bond motifs is 1. The molecule has 1 aromatic rings. The van der Waals surface area contributed by atoms with Gasteiger partial charge in [0.05, 0.1) is 19.3 Å². The minimum atomic E-state index is -0.696. The summed E-state index contributed by atoms with van der Waals surface area (Å²) < 4.78 is 22.4. The fraction of sp³-hybridized carbons (Fsp3) is 0.600. The highest BCUT2D eigenvalue weighted by atomic mass is 16.7. The molecule has 2 saturated heterocycles. The molecule has 0 aliphatic carbocycles. The van der Waals surface area contributed by atoms with Crippen LogP contribution in [0.5, 0.6) is 0 Å². The Bertz CT molecular complexity index is 424. The molecule has 2 aliphatic rings. The van der Waals surface area contributed by atoms with Crippen molar-refractivity contribution in [1.29, 1.82) is 0 Å². The number of hydrogen-bond acceptors (Lipinski definition) is 5. The van der Waals surface area contributed by atoms with Crippen LogP contribution in [0.2, 0.25) is 0 Å². The highest BCUT2D eigenvalue weighted by Gasteiger charge is 2.46. The second-order valence-corrected chi connectivity index (χ2v) is 5.25. The Morgan fingerprint density at radius 1 is 1.30 bits per heavy atom. The molecule has 2 fully saturated rings. The van der Waals surface area contributed by atoms with E-state index in [4.69, 9.17) is 18.9 Å². The summed E-state index contributed by atoms with van der Waals surface area (Å²) in [7, 11) is 0. The van der Waals surface area contributed by atoms with E-state index in [1.54, 1.807) is 0 Å². The van der Waals surface area contributed by atoms with Gasteiger partial charge in [0.2, 0.25) is 0 Å². The molecule has 5 nitrogen and oxygen atoms in total. The summed E-state index contributed by atoms with van der Waals surface area (Å²) in [6.45, 7) is 2.99. The molecule has 2 unspecified atom stereocenters. The third kappa shape index (κ3) is 2.87. The van der Waals surface area contributed by atoms with E-state index in [0.29, 0.717) is 13.2 Å². The first-order valence-electron chi connectivity index (χ1n) is 6.94. The maximum Gasteiger partial charge on any atom is 0.147 e. The van der Waals surface area contributed by atoms with Crippen molar-refractivity contribution < 1.29 is 24.1 Å². The van der Waals surface area contributed by atoms with E-state index in [2.05, 4.69) is 0 Å². The molecule has 2 aliphatic heterocycles. The van der Waals surface area contributed by atoms with E-state index >= 15 is 0 Å². The van der Waals surface area contributed by atoms with Gasteiger partial charge in [0, 0.05) is 0 Å². The van der Waals surface area contributed by atoms with Crippen molar-refractivity contribution >= 4 is 0 Å². The SMILES string of the molecule is C[C@H]1OC2COCO[C@H]2[C@@H](OCc2ccccc2)C1O. The van der Waals surface area contributed by atoms with E-state index in [1.165, 1.54) is 0 Å². The van der Waals surface area contributed by atoms with Gasteiger partial charge in [-0.1, -0.05) is 30.3 Å². The molecule has 0 aromatic heterocycles. The Hall–Kier alpha value is -0.980. The van der Waals surface area contributed by atoms with Crippen LogP contribution in [0.1, 0.15) is 12.5 Å². The first kappa shape index (κ1) is 14.0. The van der Waals surface area contributed by atoms with Crippen LogP contribution in [-0.2, 0) is 25.6 Å². The van der Waals surface area contributed by atoms with Crippen molar-refractivity contribution in [2.75, 3.05) is 13.4 Å². The Kier molecular flexibility index (Phi) is 4.33. The average molecular weight is 280 g/mol. The first-order chi connectivity index (χ1) is 9.75. The lowest BCUT2D eigenvalue weighted by atomic mass is 9.95. The number of ether oxygens (including phenoxy) is 4. The molecule has 3 rings (SSSR count). The lowest BCUT2D eigenvalue weighted by molar-refractivity contribution is -0.300. The maximum atomic E-state index is 10.3. The second-order valence-electron chi connectivity index (χ2n) is 5.25. The van der Waals surface area contributed by atoms with Crippen LogP contribution in [0.15, 0.2) is 30.3 Å². The smallest absolute Gasteiger partial charge is 0.147 e. The summed E-state index contributed by atoms with van der Waals surface area (Å²) in [5, 5.41) is 10.3. The average Bonchev–Trinajstić information content (AvgIpc) is 2.49. The molecular formula is C15H20O5. The van der Waals surface area contributed by atoms with Gasteiger partial charge in [-0.15, -0.1) is 0 Å². The molecule has 5 atom stereocenters. The topological polar surface area (TPSA) is 57.2 Å². The van der Waals surface area contributed by atoms with Crippen molar-refractivity contribution in [3.63, 3.8) is 0 Å². The number of aliphatic hydroxyl groups is 1. The van der Waals surface area contributed by atoms with Gasteiger partial charge in [-0.3, -0.25) is 0 Å². The maximum absolute atomic E-state index is 10.3. The largest absolute Gasteiger partial charge is 0.388 e. The zero-order valence-electron chi connectivity index (χ0n) is 11.5. The van der Waals surface area contributed by atoms with Crippen LogP contribution in [0.25, 0.3) is 0 Å². The van der Waals surface area contributed by atoms with Gasteiger partial charge in [-0.2, -0.15) is 0 Å². The van der Waals surface area contributed by atoms with Gasteiger partial charge < -0.3 is 24.1 Å². The number of aliphatic hydroxyl groups excluding tert-OH is 1. The standard InChI is InChI=1S/C15H20O5/c1-10-13(16)15(14-12(20-10)8-17-9-19-14)18-7-11-5-3-2-4-6-11/h2-6,10,12-16H,7-9H2,1H3/t10-,12?,13?,14-,15+/m1/s1. The molecule has 2 heterocycles. The molecule has 5 heteroatoms. The molecular weight excluding hydrogens is 260 g/mol. The molecule has 1 aromatic carbocycles. The van der Waals surface area contributed by atoms with Crippen LogP contribution in [0.3, 0.4) is 0 Å². The monoisotopic (exact) mass is 280 g/mol. The molecule has 0 bridgehead atoms. The van der Waals surface area contributed by atoms with E-state index in [-0.39, 0.29) is 25.1 Å². The van der Waals surface area contributed by atoms with Crippen molar-refractivity contribution in [3.8, 4) is 0 Å². The predicted molar refractivity (Wildman–Crippen MR) is 71.1 cm³/mol. The van der Waals surface area contributed by atoms with Gasteiger partial charge >= 0.3 is 0 Å². The lowest BCUT2D eigenvalue weighted by Gasteiger charge is -2.45. The Labute approximate surface area is 118 Å². The van der Waals surface area contributed by atoms with Crippen LogP contribution in [0.4, 0.5) is 0 Å². The van der Waals surface area contributed by atoms with Gasteiger partial charge in [0.1, 0.15) is 31.2 Å². The summed E-state index contributed by atoms with van der Waals surface area (Å²) in [5.41, 5.74) is 1.07. The van der Waals surface area contributed by atoms with Crippen LogP contribution in [-0.4, -0.2) is 49.0 Å². The number of benzene rings is 1. The fourth-order valence-electron chi connectivity index (χ4n) is 2.69. The summed E-state index contributed by atoms with van der Waals surface area (Å²) in [5.74, 6) is 0. The third-order valence-corrected chi connectivity index (χ3v) is 3.81. The van der Waals surface area contributed by atoms with Crippen molar-refractivity contribution in [1.82, 2.24) is 0 Å². The van der Waals surface area contributed by atoms with Crippen LogP contribution in [0, 0.1) is 0 Å². The summed E-state index contributed by atoms with van der Waals surface area (Å²) >= 11 is 0. The highest BCUT2D eigenvalue weighted by molar-refractivity contribution is 5.13. The van der Waals surface area contributed by atoms with E-state index in [9.17, 15) is 5.11 Å². The van der Waals surface area contributed by atoms with E-state index in [1.807, 2.05) is 37.3 Å². The molecule has 0 radical (unpaired) electrons. The Morgan fingerprint density at radius 2 is 2.10 bits per heavy atom. The third-order valence-electron chi connectivity index (χ3n) is 3.81. The fourth-order valence-corrected chi connectivity index (χ4v) is 2.69. The molecule has 0 amide bonds. The minimum absolute atomic E-state index is 0.178. The Morgan fingerprint density at radius 3 is 2.90 bits per heavy atom. The van der Waals surface area contributed by atoms with Gasteiger partial charge in [0.25, 0.3) is 0 Å². The van der Waals surface area contributed by atoms with Crippen molar-refractivity contribution in [2.24, 2.45) is 0 Å². The van der Waals surface area contributed by atoms with Crippen molar-refractivity contribution in [2.45, 2.75) is 44.1 Å². The molecule has 0 spiro atoms. The lowest BCUT2D eigenvalue weighted by Crippen LogP contribution is -2.61. The minimum Gasteiger partial charge on any atom is -0.388 e. The summed E-state index contributed by atoms with van der Waals surface area (Å²) in [6.07, 6.45) is -1.84. The molecule has 1 N–H and O–H groups in total. The number of rotatable bonds is 3. The molecule has 110 valence electrons.